The molecule has 8 nitrogen and oxygen atoms in total. The summed E-state index contributed by atoms with van der Waals surface area (Å²) in [6.45, 7) is 0.733. The van der Waals surface area contributed by atoms with Crippen molar-refractivity contribution in [1.29, 1.82) is 0 Å². The van der Waals surface area contributed by atoms with Crippen LogP contribution in [0, 0.1) is 5.92 Å². The normalized spacial score (nSPS) is 19.7. The van der Waals surface area contributed by atoms with Crippen LogP contribution in [0.4, 0.5) is 0 Å². The van der Waals surface area contributed by atoms with Gasteiger partial charge >= 0.3 is 0 Å². The molecule has 0 saturated carbocycles. The van der Waals surface area contributed by atoms with Crippen molar-refractivity contribution in [2.24, 2.45) is 5.92 Å². The molecule has 0 spiro atoms. The first kappa shape index (κ1) is 16.3. The number of aliphatic hydroxyl groups is 1. The maximum Gasteiger partial charge on any atom is 0.276 e. The summed E-state index contributed by atoms with van der Waals surface area (Å²) in [6, 6.07) is 9.48. The Hall–Kier alpha value is -3.13. The van der Waals surface area contributed by atoms with E-state index in [0.29, 0.717) is 13.0 Å². The SMILES string of the molecule is O=C(c1cn(-c2ccccc2)nn1)N1C[C@@H](Cc2cnccn2)[C@H](O)C1. The number of rotatable bonds is 4. The van der Waals surface area contributed by atoms with Gasteiger partial charge in [-0.2, -0.15) is 0 Å². The van der Waals surface area contributed by atoms with Crippen molar-refractivity contribution in [3.8, 4) is 5.69 Å². The number of hydrogen-bond donors (Lipinski definition) is 1. The maximum absolute atomic E-state index is 12.7. The molecular formula is C18H18N6O2. The molecule has 1 saturated heterocycles. The van der Waals surface area contributed by atoms with E-state index in [1.165, 1.54) is 0 Å². The molecule has 3 aromatic rings. The van der Waals surface area contributed by atoms with Crippen LogP contribution in [0.2, 0.25) is 0 Å². The van der Waals surface area contributed by atoms with Crippen LogP contribution in [0.25, 0.3) is 5.69 Å². The van der Waals surface area contributed by atoms with E-state index in [0.717, 1.165) is 11.4 Å². The first-order valence-corrected chi connectivity index (χ1v) is 8.41. The Morgan fingerprint density at radius 2 is 2.04 bits per heavy atom. The molecule has 0 unspecified atom stereocenters. The quantitative estimate of drug-likeness (QED) is 0.745. The van der Waals surface area contributed by atoms with Crippen LogP contribution in [0.1, 0.15) is 16.2 Å². The number of aliphatic hydroxyl groups excluding tert-OH is 1. The largest absolute Gasteiger partial charge is 0.391 e. The minimum Gasteiger partial charge on any atom is -0.391 e. The Kier molecular flexibility index (Phi) is 4.40. The third kappa shape index (κ3) is 3.31. The van der Waals surface area contributed by atoms with Gasteiger partial charge in [0.15, 0.2) is 5.69 Å². The number of benzene rings is 1. The number of β-amino-alcohol motifs (C(OH)–C–C–N with tert-alkyl or cyclic N) is 1. The van der Waals surface area contributed by atoms with Crippen LogP contribution >= 0.6 is 0 Å². The monoisotopic (exact) mass is 350 g/mol. The zero-order chi connectivity index (χ0) is 17.9. The van der Waals surface area contributed by atoms with Gasteiger partial charge in [0.25, 0.3) is 5.91 Å². The minimum atomic E-state index is -0.592. The smallest absolute Gasteiger partial charge is 0.276 e. The third-order valence-corrected chi connectivity index (χ3v) is 4.51. The zero-order valence-corrected chi connectivity index (χ0v) is 14.0. The molecule has 1 aromatic carbocycles. The van der Waals surface area contributed by atoms with E-state index in [9.17, 15) is 9.90 Å². The fourth-order valence-electron chi connectivity index (χ4n) is 3.16. The standard InChI is InChI=1S/C18H18N6O2/c25-17-12-23(10-13(17)8-14-9-19-6-7-20-14)18(26)16-11-24(22-21-16)15-4-2-1-3-5-15/h1-7,9,11,13,17,25H,8,10,12H2/t13-,17-/m1/s1. The number of nitrogens with zero attached hydrogens (tertiary/aromatic N) is 6. The van der Waals surface area contributed by atoms with Crippen molar-refractivity contribution in [2.45, 2.75) is 12.5 Å². The van der Waals surface area contributed by atoms with E-state index in [4.69, 9.17) is 0 Å². The molecule has 0 bridgehead atoms. The van der Waals surface area contributed by atoms with Crippen LogP contribution in [0.3, 0.4) is 0 Å². The molecule has 1 N–H and O–H groups in total. The van der Waals surface area contributed by atoms with Crippen LogP contribution in [-0.2, 0) is 6.42 Å². The summed E-state index contributed by atoms with van der Waals surface area (Å²) in [5, 5.41) is 18.3. The van der Waals surface area contributed by atoms with Crippen molar-refractivity contribution >= 4 is 5.91 Å². The number of hydrogen-bond acceptors (Lipinski definition) is 6. The molecule has 1 aliphatic heterocycles. The summed E-state index contributed by atoms with van der Waals surface area (Å²) >= 11 is 0. The molecule has 4 rings (SSSR count). The summed E-state index contributed by atoms with van der Waals surface area (Å²) in [4.78, 5) is 22.6. The van der Waals surface area contributed by atoms with Gasteiger partial charge in [0.1, 0.15) is 0 Å². The molecule has 2 atom stereocenters. The molecule has 26 heavy (non-hydrogen) atoms. The van der Waals surface area contributed by atoms with Crippen molar-refractivity contribution in [3.63, 3.8) is 0 Å². The van der Waals surface area contributed by atoms with Gasteiger partial charge in [-0.3, -0.25) is 14.8 Å². The highest BCUT2D eigenvalue weighted by Gasteiger charge is 2.35. The first-order chi connectivity index (χ1) is 12.7. The number of carbonyl (C=O) groups is 1. The van der Waals surface area contributed by atoms with Gasteiger partial charge in [-0.1, -0.05) is 23.4 Å². The van der Waals surface area contributed by atoms with Gasteiger partial charge in [-0.25, -0.2) is 4.68 Å². The van der Waals surface area contributed by atoms with Gasteiger partial charge in [-0.15, -0.1) is 5.10 Å². The Balaban J connectivity index is 1.45. The van der Waals surface area contributed by atoms with Crippen LogP contribution in [0.5, 0.6) is 0 Å². The summed E-state index contributed by atoms with van der Waals surface area (Å²) in [5.41, 5.74) is 1.91. The highest BCUT2D eigenvalue weighted by atomic mass is 16.3. The summed E-state index contributed by atoms with van der Waals surface area (Å²) in [6.07, 6.45) is 6.52. The van der Waals surface area contributed by atoms with E-state index in [2.05, 4.69) is 20.3 Å². The predicted octanol–water partition coefficient (Wildman–Crippen LogP) is 0.733. The summed E-state index contributed by atoms with van der Waals surface area (Å²) < 4.78 is 1.57. The zero-order valence-electron chi connectivity index (χ0n) is 14.0. The highest BCUT2D eigenvalue weighted by molar-refractivity contribution is 5.92. The molecule has 3 heterocycles. The van der Waals surface area contributed by atoms with E-state index < -0.39 is 6.10 Å². The van der Waals surface area contributed by atoms with Crippen LogP contribution in [0.15, 0.2) is 55.1 Å². The Bertz CT molecular complexity index is 883. The van der Waals surface area contributed by atoms with E-state index in [1.54, 1.807) is 34.4 Å². The Morgan fingerprint density at radius 3 is 2.81 bits per heavy atom. The number of para-hydroxylation sites is 1. The molecule has 8 heteroatoms. The lowest BCUT2D eigenvalue weighted by molar-refractivity contribution is 0.0759. The van der Waals surface area contributed by atoms with Gasteiger partial charge in [0.05, 0.1) is 23.7 Å². The van der Waals surface area contributed by atoms with Gasteiger partial charge in [0, 0.05) is 37.6 Å². The second-order valence-corrected chi connectivity index (χ2v) is 6.32. The lowest BCUT2D eigenvalue weighted by Gasteiger charge is -2.14. The molecule has 132 valence electrons. The van der Waals surface area contributed by atoms with Crippen molar-refractivity contribution in [2.75, 3.05) is 13.1 Å². The van der Waals surface area contributed by atoms with Gasteiger partial charge in [0.2, 0.25) is 0 Å². The van der Waals surface area contributed by atoms with Crippen molar-refractivity contribution in [3.05, 3.63) is 66.5 Å². The molecule has 0 radical (unpaired) electrons. The summed E-state index contributed by atoms with van der Waals surface area (Å²) in [7, 11) is 0. The van der Waals surface area contributed by atoms with E-state index in [1.807, 2.05) is 30.3 Å². The van der Waals surface area contributed by atoms with Crippen LogP contribution < -0.4 is 0 Å². The van der Waals surface area contributed by atoms with Crippen molar-refractivity contribution < 1.29 is 9.90 Å². The lowest BCUT2D eigenvalue weighted by atomic mass is 10.0. The molecular weight excluding hydrogens is 332 g/mol. The average Bonchev–Trinajstić information content (AvgIpc) is 3.31. The topological polar surface area (TPSA) is 97.0 Å². The third-order valence-electron chi connectivity index (χ3n) is 4.51. The second-order valence-electron chi connectivity index (χ2n) is 6.32. The van der Waals surface area contributed by atoms with Gasteiger partial charge in [-0.05, 0) is 18.6 Å². The van der Waals surface area contributed by atoms with Crippen LogP contribution in [-0.4, -0.2) is 60.1 Å². The Labute approximate surface area is 150 Å². The molecule has 0 aliphatic carbocycles. The first-order valence-electron chi connectivity index (χ1n) is 8.41. The fourth-order valence-corrected chi connectivity index (χ4v) is 3.16. The predicted molar refractivity (Wildman–Crippen MR) is 92.5 cm³/mol. The van der Waals surface area contributed by atoms with E-state index in [-0.39, 0.29) is 24.1 Å². The highest BCUT2D eigenvalue weighted by Crippen LogP contribution is 2.22. The van der Waals surface area contributed by atoms with E-state index >= 15 is 0 Å². The molecule has 2 aromatic heterocycles. The fraction of sp³-hybridized carbons (Fsp3) is 0.278. The number of amides is 1. The average molecular weight is 350 g/mol. The van der Waals surface area contributed by atoms with Crippen molar-refractivity contribution in [1.82, 2.24) is 29.9 Å². The minimum absolute atomic E-state index is 0.0696. The molecule has 1 fully saturated rings. The summed E-state index contributed by atoms with van der Waals surface area (Å²) in [5.74, 6) is -0.298. The second kappa shape index (κ2) is 7.01. The van der Waals surface area contributed by atoms with Gasteiger partial charge < -0.3 is 10.0 Å². The number of likely N-dealkylation sites (tertiary alicyclic amines) is 1. The molecule has 1 aliphatic rings. The molecule has 1 amide bonds. The maximum atomic E-state index is 12.7. The Morgan fingerprint density at radius 1 is 1.19 bits per heavy atom. The number of aromatic nitrogens is 5. The number of carbonyl (C=O) groups excluding carboxylic acids is 1. The lowest BCUT2D eigenvalue weighted by Crippen LogP contribution is -2.30.